The average Bonchev–Trinajstić information content (AvgIpc) is 3.11. The second-order valence-electron chi connectivity index (χ2n) is 4.77. The van der Waals surface area contributed by atoms with E-state index < -0.39 is 0 Å². The fraction of sp³-hybridized carbons (Fsp3) is 0.0588. The molecule has 0 N–H and O–H groups in total. The van der Waals surface area contributed by atoms with Gasteiger partial charge in [0.15, 0.2) is 0 Å². The highest BCUT2D eigenvalue weighted by Gasteiger charge is 2.09. The van der Waals surface area contributed by atoms with Gasteiger partial charge in [0.05, 0.1) is 18.2 Å². The summed E-state index contributed by atoms with van der Waals surface area (Å²) >= 11 is 1.52. The summed E-state index contributed by atoms with van der Waals surface area (Å²) in [5, 5.41) is 13.8. The summed E-state index contributed by atoms with van der Waals surface area (Å²) in [6.45, 7) is 0. The van der Waals surface area contributed by atoms with Crippen molar-refractivity contribution in [2.24, 2.45) is 0 Å². The predicted octanol–water partition coefficient (Wildman–Crippen LogP) is 4.78. The number of fused-ring (bicyclic) bond motifs is 3. The van der Waals surface area contributed by atoms with Gasteiger partial charge in [-0.05, 0) is 24.3 Å². The molecule has 4 rings (SSSR count). The smallest absolute Gasteiger partial charge is 0.135 e. The van der Waals surface area contributed by atoms with Crippen LogP contribution in [0.2, 0.25) is 0 Å². The van der Waals surface area contributed by atoms with Crippen molar-refractivity contribution >= 4 is 33.3 Å². The van der Waals surface area contributed by atoms with Gasteiger partial charge < -0.3 is 4.42 Å². The van der Waals surface area contributed by atoms with E-state index in [2.05, 4.69) is 23.2 Å². The Morgan fingerprint density at radius 1 is 1.10 bits per heavy atom. The maximum absolute atomic E-state index is 8.74. The monoisotopic (exact) mass is 290 g/mol. The first-order valence-corrected chi connectivity index (χ1v) is 7.46. The van der Waals surface area contributed by atoms with Crippen molar-refractivity contribution in [3.8, 4) is 17.3 Å². The minimum Gasteiger partial charge on any atom is -0.456 e. The number of hydrogen-bond acceptors (Lipinski definition) is 4. The van der Waals surface area contributed by atoms with Crippen molar-refractivity contribution in [1.82, 2.24) is 4.98 Å². The Hall–Kier alpha value is -2.64. The van der Waals surface area contributed by atoms with E-state index in [9.17, 15) is 0 Å². The molecule has 0 aliphatic rings. The molecular weight excluding hydrogens is 280 g/mol. The van der Waals surface area contributed by atoms with Crippen LogP contribution in [0.25, 0.3) is 33.2 Å². The maximum Gasteiger partial charge on any atom is 0.135 e. The van der Waals surface area contributed by atoms with E-state index in [1.807, 2.05) is 35.7 Å². The lowest BCUT2D eigenvalue weighted by atomic mass is 10.1. The number of aromatic nitrogens is 1. The molecule has 3 nitrogen and oxygen atoms in total. The van der Waals surface area contributed by atoms with Gasteiger partial charge in [0.2, 0.25) is 0 Å². The molecule has 0 unspecified atom stereocenters. The molecule has 0 saturated carbocycles. The number of nitriles is 1. The Morgan fingerprint density at radius 2 is 1.95 bits per heavy atom. The molecule has 0 aliphatic carbocycles. The minimum atomic E-state index is 0.363. The normalized spacial score (nSPS) is 11.0. The van der Waals surface area contributed by atoms with Gasteiger partial charge in [-0.2, -0.15) is 5.26 Å². The van der Waals surface area contributed by atoms with Crippen molar-refractivity contribution in [2.45, 2.75) is 6.42 Å². The molecule has 0 saturated heterocycles. The van der Waals surface area contributed by atoms with Crippen molar-refractivity contribution in [1.29, 1.82) is 5.26 Å². The lowest BCUT2D eigenvalue weighted by molar-refractivity contribution is 0.669. The zero-order valence-corrected chi connectivity index (χ0v) is 11.9. The van der Waals surface area contributed by atoms with Crippen LogP contribution in [-0.2, 0) is 6.42 Å². The predicted molar refractivity (Wildman–Crippen MR) is 84.1 cm³/mol. The van der Waals surface area contributed by atoms with Gasteiger partial charge >= 0.3 is 0 Å². The lowest BCUT2D eigenvalue weighted by Gasteiger charge is -1.96. The molecule has 21 heavy (non-hydrogen) atoms. The Morgan fingerprint density at radius 3 is 2.86 bits per heavy atom. The van der Waals surface area contributed by atoms with Crippen molar-refractivity contribution in [3.05, 3.63) is 52.9 Å². The zero-order chi connectivity index (χ0) is 14.2. The van der Waals surface area contributed by atoms with E-state index in [1.54, 1.807) is 0 Å². The molecule has 0 spiro atoms. The maximum atomic E-state index is 8.74. The van der Waals surface area contributed by atoms with Crippen LogP contribution in [0.1, 0.15) is 5.01 Å². The number of hydrogen-bond donors (Lipinski definition) is 0. The zero-order valence-electron chi connectivity index (χ0n) is 11.0. The Kier molecular flexibility index (Phi) is 2.73. The van der Waals surface area contributed by atoms with Gasteiger partial charge in [-0.1, -0.05) is 18.2 Å². The summed E-state index contributed by atoms with van der Waals surface area (Å²) in [7, 11) is 0. The molecule has 0 radical (unpaired) electrons. The van der Waals surface area contributed by atoms with Crippen LogP contribution in [0.5, 0.6) is 0 Å². The SMILES string of the molecule is N#CCc1nc(-c2ccc3oc4ccccc4c3c2)cs1. The summed E-state index contributed by atoms with van der Waals surface area (Å²) in [5.41, 5.74) is 3.74. The second kappa shape index (κ2) is 4.72. The first kappa shape index (κ1) is 12.1. The lowest BCUT2D eigenvalue weighted by Crippen LogP contribution is -1.81. The fourth-order valence-corrected chi connectivity index (χ4v) is 3.21. The molecule has 100 valence electrons. The van der Waals surface area contributed by atoms with Gasteiger partial charge in [0.1, 0.15) is 16.2 Å². The van der Waals surface area contributed by atoms with Crippen molar-refractivity contribution in [3.63, 3.8) is 0 Å². The first-order chi connectivity index (χ1) is 10.3. The van der Waals surface area contributed by atoms with E-state index in [4.69, 9.17) is 9.68 Å². The number of thiazole rings is 1. The summed E-state index contributed by atoms with van der Waals surface area (Å²) < 4.78 is 5.83. The molecule has 2 aromatic heterocycles. The molecule has 0 bridgehead atoms. The van der Waals surface area contributed by atoms with Gasteiger partial charge in [-0.25, -0.2) is 4.98 Å². The molecule has 2 heterocycles. The molecule has 0 aliphatic heterocycles. The Labute approximate surface area is 125 Å². The van der Waals surface area contributed by atoms with E-state index >= 15 is 0 Å². The van der Waals surface area contributed by atoms with Gasteiger partial charge in [0, 0.05) is 21.7 Å². The molecule has 4 heteroatoms. The first-order valence-electron chi connectivity index (χ1n) is 6.58. The molecule has 0 atom stereocenters. The number of furan rings is 1. The molecule has 4 aromatic rings. The van der Waals surface area contributed by atoms with Gasteiger partial charge in [-0.3, -0.25) is 0 Å². The number of benzene rings is 2. The quantitative estimate of drug-likeness (QED) is 0.534. The molecular formula is C17H10N2OS. The van der Waals surface area contributed by atoms with E-state index in [0.29, 0.717) is 6.42 Å². The van der Waals surface area contributed by atoms with Gasteiger partial charge in [0.25, 0.3) is 0 Å². The van der Waals surface area contributed by atoms with E-state index in [1.165, 1.54) is 11.3 Å². The van der Waals surface area contributed by atoms with Crippen LogP contribution >= 0.6 is 11.3 Å². The van der Waals surface area contributed by atoms with E-state index in [0.717, 1.165) is 38.2 Å². The summed E-state index contributed by atoms with van der Waals surface area (Å²) in [6, 6.07) is 16.2. The summed E-state index contributed by atoms with van der Waals surface area (Å²) in [6.07, 6.45) is 0.363. The molecule has 0 amide bonds. The highest BCUT2D eigenvalue weighted by molar-refractivity contribution is 7.10. The Bertz CT molecular complexity index is 991. The standard InChI is InChI=1S/C17H10N2OS/c18-8-7-17-19-14(10-21-17)11-5-6-16-13(9-11)12-3-1-2-4-15(12)20-16/h1-6,9-10H,7H2. The van der Waals surface area contributed by atoms with Crippen LogP contribution in [-0.4, -0.2) is 4.98 Å². The number of para-hydroxylation sites is 1. The largest absolute Gasteiger partial charge is 0.456 e. The van der Waals surface area contributed by atoms with Crippen molar-refractivity contribution in [2.75, 3.05) is 0 Å². The summed E-state index contributed by atoms with van der Waals surface area (Å²) in [4.78, 5) is 4.51. The average molecular weight is 290 g/mol. The molecule has 0 fully saturated rings. The second-order valence-corrected chi connectivity index (χ2v) is 5.71. The summed E-state index contributed by atoms with van der Waals surface area (Å²) in [5.74, 6) is 0. The van der Waals surface area contributed by atoms with Crippen LogP contribution in [0, 0.1) is 11.3 Å². The minimum absolute atomic E-state index is 0.363. The Balaban J connectivity index is 1.89. The third kappa shape index (κ3) is 1.99. The van der Waals surface area contributed by atoms with Crippen LogP contribution in [0.4, 0.5) is 0 Å². The molecule has 2 aromatic carbocycles. The number of nitrogens with zero attached hydrogens (tertiary/aromatic N) is 2. The number of rotatable bonds is 2. The third-order valence-corrected chi connectivity index (χ3v) is 4.30. The third-order valence-electron chi connectivity index (χ3n) is 3.45. The highest BCUT2D eigenvalue weighted by Crippen LogP contribution is 2.32. The fourth-order valence-electron chi connectivity index (χ4n) is 2.48. The van der Waals surface area contributed by atoms with Crippen LogP contribution < -0.4 is 0 Å². The van der Waals surface area contributed by atoms with Crippen LogP contribution in [0.3, 0.4) is 0 Å². The highest BCUT2D eigenvalue weighted by atomic mass is 32.1. The topological polar surface area (TPSA) is 49.8 Å². The van der Waals surface area contributed by atoms with Crippen LogP contribution in [0.15, 0.2) is 52.3 Å². The van der Waals surface area contributed by atoms with E-state index in [-0.39, 0.29) is 0 Å². The van der Waals surface area contributed by atoms with Crippen molar-refractivity contribution < 1.29 is 4.42 Å². The van der Waals surface area contributed by atoms with Gasteiger partial charge in [-0.15, -0.1) is 11.3 Å².